The van der Waals surface area contributed by atoms with Crippen molar-refractivity contribution in [1.29, 1.82) is 0 Å². The van der Waals surface area contributed by atoms with Crippen LogP contribution < -0.4 is 10.0 Å². The van der Waals surface area contributed by atoms with Crippen LogP contribution in [0.2, 0.25) is 5.02 Å². The van der Waals surface area contributed by atoms with Gasteiger partial charge in [-0.1, -0.05) is 48.0 Å². The fourth-order valence-corrected chi connectivity index (χ4v) is 5.40. The standard InChI is InChI=1S/C29H25ClN4O3S/c30-23-9-12-26(13-10-23)38(36,37)33-25-11-14-27-22(18-25)19-28(34(27)20-21-6-2-1-3-7-21)29(35)32-17-15-24-8-4-5-16-31-24/h1-14,16,18-19,33H,15,17,20H2,(H,32,35). The number of pyridine rings is 1. The van der Waals surface area contributed by atoms with E-state index < -0.39 is 10.0 Å². The number of amides is 1. The summed E-state index contributed by atoms with van der Waals surface area (Å²) < 4.78 is 30.3. The second-order valence-corrected chi connectivity index (χ2v) is 10.9. The molecule has 0 aliphatic carbocycles. The van der Waals surface area contributed by atoms with Gasteiger partial charge in [-0.3, -0.25) is 14.5 Å². The highest BCUT2D eigenvalue weighted by atomic mass is 35.5. The maximum absolute atomic E-state index is 13.3. The van der Waals surface area contributed by atoms with E-state index in [0.717, 1.165) is 22.2 Å². The van der Waals surface area contributed by atoms with E-state index in [-0.39, 0.29) is 10.8 Å². The van der Waals surface area contributed by atoms with Gasteiger partial charge in [-0.05, 0) is 66.2 Å². The smallest absolute Gasteiger partial charge is 0.267 e. The van der Waals surface area contributed by atoms with E-state index in [2.05, 4.69) is 15.0 Å². The first-order valence-corrected chi connectivity index (χ1v) is 13.9. The number of nitrogens with zero attached hydrogens (tertiary/aromatic N) is 2. The molecule has 0 aliphatic rings. The lowest BCUT2D eigenvalue weighted by Gasteiger charge is -2.12. The van der Waals surface area contributed by atoms with Crippen LogP contribution in [0.5, 0.6) is 0 Å². The van der Waals surface area contributed by atoms with Gasteiger partial charge < -0.3 is 9.88 Å². The summed E-state index contributed by atoms with van der Waals surface area (Å²) in [5, 5.41) is 4.19. The number of rotatable bonds is 9. The van der Waals surface area contributed by atoms with E-state index in [1.54, 1.807) is 24.4 Å². The quantitative estimate of drug-likeness (QED) is 0.256. The molecule has 3 aromatic carbocycles. The van der Waals surface area contributed by atoms with E-state index in [1.807, 2.05) is 59.2 Å². The molecule has 38 heavy (non-hydrogen) atoms. The summed E-state index contributed by atoms with van der Waals surface area (Å²) >= 11 is 5.90. The summed E-state index contributed by atoms with van der Waals surface area (Å²) in [7, 11) is -3.81. The van der Waals surface area contributed by atoms with Gasteiger partial charge in [-0.25, -0.2) is 8.42 Å². The third-order valence-corrected chi connectivity index (χ3v) is 7.74. The van der Waals surface area contributed by atoms with Crippen LogP contribution in [0.3, 0.4) is 0 Å². The van der Waals surface area contributed by atoms with Crippen LogP contribution in [0.4, 0.5) is 5.69 Å². The molecule has 2 heterocycles. The lowest BCUT2D eigenvalue weighted by atomic mass is 10.2. The van der Waals surface area contributed by atoms with Gasteiger partial charge in [0.1, 0.15) is 5.69 Å². The molecule has 0 bridgehead atoms. The summed E-state index contributed by atoms with van der Waals surface area (Å²) in [6, 6.07) is 28.6. The van der Waals surface area contributed by atoms with E-state index in [9.17, 15) is 13.2 Å². The summed E-state index contributed by atoms with van der Waals surface area (Å²) in [4.78, 5) is 17.7. The van der Waals surface area contributed by atoms with Crippen molar-refractivity contribution < 1.29 is 13.2 Å². The van der Waals surface area contributed by atoms with Gasteiger partial charge >= 0.3 is 0 Å². The Kier molecular flexibility index (Phi) is 7.44. The number of aromatic nitrogens is 2. The number of carbonyl (C=O) groups excluding carboxylic acids is 1. The number of halogens is 1. The SMILES string of the molecule is O=C(NCCc1ccccn1)c1cc2cc(NS(=O)(=O)c3ccc(Cl)cc3)ccc2n1Cc1ccccc1. The van der Waals surface area contributed by atoms with Gasteiger partial charge in [0.2, 0.25) is 0 Å². The zero-order valence-electron chi connectivity index (χ0n) is 20.3. The number of fused-ring (bicyclic) bond motifs is 1. The van der Waals surface area contributed by atoms with E-state index in [4.69, 9.17) is 11.6 Å². The third kappa shape index (κ3) is 5.88. The Morgan fingerprint density at radius 2 is 1.66 bits per heavy atom. The highest BCUT2D eigenvalue weighted by Gasteiger charge is 2.18. The number of carbonyl (C=O) groups is 1. The molecule has 0 aliphatic heterocycles. The third-order valence-electron chi connectivity index (χ3n) is 6.09. The largest absolute Gasteiger partial charge is 0.350 e. The molecule has 5 rings (SSSR count). The average Bonchev–Trinajstić information content (AvgIpc) is 3.27. The maximum Gasteiger partial charge on any atom is 0.267 e. The van der Waals surface area contributed by atoms with Crippen LogP contribution in [0.25, 0.3) is 10.9 Å². The van der Waals surface area contributed by atoms with Gasteiger partial charge in [0.15, 0.2) is 0 Å². The minimum atomic E-state index is -3.81. The van der Waals surface area contributed by atoms with Crippen molar-refractivity contribution in [3.8, 4) is 0 Å². The lowest BCUT2D eigenvalue weighted by molar-refractivity contribution is 0.0945. The van der Waals surface area contributed by atoms with Gasteiger partial charge in [-0.2, -0.15) is 0 Å². The molecular weight excluding hydrogens is 520 g/mol. The molecule has 0 unspecified atom stereocenters. The number of anilines is 1. The van der Waals surface area contributed by atoms with Gasteiger partial charge in [-0.15, -0.1) is 0 Å². The van der Waals surface area contributed by atoms with Gasteiger partial charge in [0, 0.05) is 53.0 Å². The summed E-state index contributed by atoms with van der Waals surface area (Å²) in [6.07, 6.45) is 2.34. The van der Waals surface area contributed by atoms with Crippen LogP contribution in [0.15, 0.2) is 108 Å². The Labute approximate surface area is 226 Å². The molecule has 192 valence electrons. The number of hydrogen-bond acceptors (Lipinski definition) is 4. The fourth-order valence-electron chi connectivity index (χ4n) is 4.23. The van der Waals surface area contributed by atoms with E-state index in [1.165, 1.54) is 24.3 Å². The number of hydrogen-bond donors (Lipinski definition) is 2. The van der Waals surface area contributed by atoms with Crippen molar-refractivity contribution in [2.75, 3.05) is 11.3 Å². The van der Waals surface area contributed by atoms with Crippen molar-refractivity contribution in [3.05, 3.63) is 125 Å². The average molecular weight is 545 g/mol. The summed E-state index contributed by atoms with van der Waals surface area (Å²) in [5.41, 5.74) is 3.64. The summed E-state index contributed by atoms with van der Waals surface area (Å²) in [5.74, 6) is -0.212. The van der Waals surface area contributed by atoms with E-state index >= 15 is 0 Å². The highest BCUT2D eigenvalue weighted by molar-refractivity contribution is 7.92. The van der Waals surface area contributed by atoms with Crippen LogP contribution in [-0.2, 0) is 23.0 Å². The molecule has 2 aromatic heterocycles. The molecule has 0 saturated carbocycles. The van der Waals surface area contributed by atoms with E-state index in [0.29, 0.717) is 35.9 Å². The molecule has 0 saturated heterocycles. The number of nitrogens with one attached hydrogen (secondary N) is 2. The maximum atomic E-state index is 13.3. The van der Waals surface area contributed by atoms with Crippen LogP contribution in [0, 0.1) is 0 Å². The first-order valence-electron chi connectivity index (χ1n) is 12.0. The fraction of sp³-hybridized carbons (Fsp3) is 0.103. The zero-order valence-corrected chi connectivity index (χ0v) is 21.9. The second-order valence-electron chi connectivity index (χ2n) is 8.76. The zero-order chi connectivity index (χ0) is 26.5. The normalized spacial score (nSPS) is 11.4. The molecule has 0 fully saturated rings. The number of benzene rings is 3. The minimum absolute atomic E-state index is 0.108. The predicted molar refractivity (Wildman–Crippen MR) is 150 cm³/mol. The monoisotopic (exact) mass is 544 g/mol. The first-order chi connectivity index (χ1) is 18.4. The van der Waals surface area contributed by atoms with Crippen molar-refractivity contribution in [2.45, 2.75) is 17.9 Å². The molecular formula is C29H25ClN4O3S. The highest BCUT2D eigenvalue weighted by Crippen LogP contribution is 2.27. The topological polar surface area (TPSA) is 93.1 Å². The Morgan fingerprint density at radius 3 is 2.39 bits per heavy atom. The molecule has 0 spiro atoms. The molecule has 5 aromatic rings. The van der Waals surface area contributed by atoms with Crippen molar-refractivity contribution in [1.82, 2.24) is 14.9 Å². The Balaban J connectivity index is 1.43. The first kappa shape index (κ1) is 25.5. The van der Waals surface area contributed by atoms with Crippen molar-refractivity contribution in [3.63, 3.8) is 0 Å². The molecule has 9 heteroatoms. The minimum Gasteiger partial charge on any atom is -0.350 e. The molecule has 1 amide bonds. The number of sulfonamides is 1. The molecule has 7 nitrogen and oxygen atoms in total. The Hall–Kier alpha value is -4.14. The summed E-state index contributed by atoms with van der Waals surface area (Å²) in [6.45, 7) is 0.929. The van der Waals surface area contributed by atoms with Crippen LogP contribution in [-0.4, -0.2) is 30.4 Å². The molecule has 0 atom stereocenters. The molecule has 0 radical (unpaired) electrons. The second kappa shape index (κ2) is 11.1. The molecule has 2 N–H and O–H groups in total. The van der Waals surface area contributed by atoms with Gasteiger partial charge in [0.05, 0.1) is 4.90 Å². The van der Waals surface area contributed by atoms with Gasteiger partial charge in [0.25, 0.3) is 15.9 Å². The lowest BCUT2D eigenvalue weighted by Crippen LogP contribution is -2.28. The predicted octanol–water partition coefficient (Wildman–Crippen LogP) is 5.51. The van der Waals surface area contributed by atoms with Crippen molar-refractivity contribution in [2.24, 2.45) is 0 Å². The van der Waals surface area contributed by atoms with Crippen LogP contribution >= 0.6 is 11.6 Å². The Morgan fingerprint density at radius 1 is 0.895 bits per heavy atom. The van der Waals surface area contributed by atoms with Crippen molar-refractivity contribution >= 4 is 44.1 Å². The van der Waals surface area contributed by atoms with Crippen LogP contribution in [0.1, 0.15) is 21.7 Å². The Bertz CT molecular complexity index is 1670.